The van der Waals surface area contributed by atoms with Crippen molar-refractivity contribution in [2.75, 3.05) is 43.2 Å². The Morgan fingerprint density at radius 1 is 1.17 bits per heavy atom. The number of pyridine rings is 1. The van der Waals surface area contributed by atoms with E-state index >= 15 is 0 Å². The predicted molar refractivity (Wildman–Crippen MR) is 154 cm³/mol. The Bertz CT molecular complexity index is 1440. The zero-order chi connectivity index (χ0) is 28.5. The quantitative estimate of drug-likeness (QED) is 0.366. The third-order valence-corrected chi connectivity index (χ3v) is 8.86. The van der Waals surface area contributed by atoms with Crippen LogP contribution in [0.25, 0.3) is 22.4 Å². The van der Waals surface area contributed by atoms with Crippen molar-refractivity contribution < 1.29 is 28.6 Å². The van der Waals surface area contributed by atoms with Gasteiger partial charge in [-0.25, -0.2) is 14.4 Å². The topological polar surface area (TPSA) is 105 Å². The van der Waals surface area contributed by atoms with Gasteiger partial charge < -0.3 is 19.5 Å². The number of carboxylic acid groups (broad SMARTS) is 1. The van der Waals surface area contributed by atoms with Gasteiger partial charge in [0.2, 0.25) is 5.91 Å². The van der Waals surface area contributed by atoms with E-state index < -0.39 is 17.7 Å². The maximum atomic E-state index is 14.6. The van der Waals surface area contributed by atoms with Crippen LogP contribution in [-0.4, -0.2) is 66.4 Å². The van der Waals surface area contributed by atoms with Crippen LogP contribution < -0.4 is 14.5 Å². The second-order valence-corrected chi connectivity index (χ2v) is 11.9. The first-order valence-electron chi connectivity index (χ1n) is 14.1. The van der Waals surface area contributed by atoms with Gasteiger partial charge in [-0.05, 0) is 61.8 Å². The van der Waals surface area contributed by atoms with E-state index in [1.807, 2.05) is 23.4 Å². The van der Waals surface area contributed by atoms with E-state index in [9.17, 15) is 19.1 Å². The van der Waals surface area contributed by atoms with E-state index in [1.165, 1.54) is 23.5 Å². The summed E-state index contributed by atoms with van der Waals surface area (Å²) in [6.45, 7) is 2.59. The summed E-state index contributed by atoms with van der Waals surface area (Å²) in [7, 11) is 1.96. The lowest BCUT2D eigenvalue weighted by atomic mass is 9.86. The molecule has 2 fully saturated rings. The van der Waals surface area contributed by atoms with Crippen molar-refractivity contribution in [3.8, 4) is 28.1 Å². The van der Waals surface area contributed by atoms with Crippen molar-refractivity contribution in [2.45, 2.75) is 44.6 Å². The van der Waals surface area contributed by atoms with Crippen molar-refractivity contribution in [1.29, 1.82) is 0 Å². The molecule has 4 heterocycles. The van der Waals surface area contributed by atoms with E-state index in [1.54, 1.807) is 17.2 Å². The van der Waals surface area contributed by atoms with E-state index in [0.717, 1.165) is 49.2 Å². The molecule has 0 bridgehead atoms. The molecule has 0 unspecified atom stereocenters. The lowest BCUT2D eigenvalue weighted by Crippen LogP contribution is -2.40. The van der Waals surface area contributed by atoms with Gasteiger partial charge in [0.05, 0.1) is 18.7 Å². The molecule has 0 radical (unpaired) electrons. The summed E-state index contributed by atoms with van der Waals surface area (Å²) < 4.78 is 25.8. The SMILES string of the molecule is CN1CCOc2cc(-c3ccc(F)cc3-c3csc(N(C(=O)[C@@H](CC(=O)O)CC4CCOCC4)C4CC4)n3)cnc21. The summed E-state index contributed by atoms with van der Waals surface area (Å²) in [5.74, 6) is -0.513. The maximum absolute atomic E-state index is 14.6. The van der Waals surface area contributed by atoms with Crippen molar-refractivity contribution >= 4 is 34.2 Å². The molecule has 216 valence electrons. The molecule has 3 aliphatic rings. The van der Waals surface area contributed by atoms with Crippen LogP contribution in [0.5, 0.6) is 5.75 Å². The molecule has 1 saturated carbocycles. The summed E-state index contributed by atoms with van der Waals surface area (Å²) in [6.07, 6.45) is 5.41. The average molecular weight is 581 g/mol. The Morgan fingerprint density at radius 3 is 2.73 bits per heavy atom. The number of hydrogen-bond donors (Lipinski definition) is 1. The number of likely N-dealkylation sites (N-methyl/N-ethyl adjacent to an activating group) is 1. The van der Waals surface area contributed by atoms with Gasteiger partial charge >= 0.3 is 5.97 Å². The molecule has 1 amide bonds. The molecule has 41 heavy (non-hydrogen) atoms. The second kappa shape index (κ2) is 11.7. The largest absolute Gasteiger partial charge is 0.488 e. The van der Waals surface area contributed by atoms with Gasteiger partial charge in [0.25, 0.3) is 0 Å². The van der Waals surface area contributed by atoms with E-state index in [-0.39, 0.29) is 24.3 Å². The number of halogens is 1. The Hall–Kier alpha value is -3.57. The Labute approximate surface area is 241 Å². The third kappa shape index (κ3) is 6.06. The van der Waals surface area contributed by atoms with Crippen molar-refractivity contribution in [2.24, 2.45) is 11.8 Å². The first kappa shape index (κ1) is 27.6. The number of benzene rings is 1. The zero-order valence-electron chi connectivity index (χ0n) is 22.9. The number of aliphatic carboxylic acids is 1. The number of nitrogens with zero attached hydrogens (tertiary/aromatic N) is 4. The highest BCUT2D eigenvalue weighted by Gasteiger charge is 2.40. The number of carbonyl (C=O) groups is 2. The number of amides is 1. The molecule has 6 rings (SSSR count). The van der Waals surface area contributed by atoms with E-state index in [2.05, 4.69) is 4.98 Å². The fraction of sp³-hybridized carbons (Fsp3) is 0.467. The van der Waals surface area contributed by atoms with Gasteiger partial charge in [-0.15, -0.1) is 11.3 Å². The fourth-order valence-corrected chi connectivity index (χ4v) is 6.58. The highest BCUT2D eigenvalue weighted by Crippen LogP contribution is 2.41. The number of ether oxygens (including phenoxy) is 2. The molecule has 1 N–H and O–H groups in total. The number of aromatic nitrogens is 2. The summed E-state index contributed by atoms with van der Waals surface area (Å²) >= 11 is 1.32. The van der Waals surface area contributed by atoms with Gasteiger partial charge in [-0.1, -0.05) is 6.07 Å². The maximum Gasteiger partial charge on any atom is 0.304 e. The van der Waals surface area contributed by atoms with Crippen LogP contribution in [-0.2, 0) is 14.3 Å². The standard InChI is InChI=1S/C30H33FN4O5S/c1-34-8-11-40-26-13-20(16-32-28(26)34)23-5-2-21(31)15-24(23)25-17-41-30(33-25)35(22-3-4-22)29(38)19(14-27(36)37)12-18-6-9-39-10-7-18/h2,5,13,15-19,22H,3-4,6-12,14H2,1H3,(H,36,37)/t19-/m1/s1. The van der Waals surface area contributed by atoms with Gasteiger partial charge in [-0.2, -0.15) is 0 Å². The summed E-state index contributed by atoms with van der Waals surface area (Å²) in [5, 5.41) is 12.0. The number of carboxylic acids is 1. The number of fused-ring (bicyclic) bond motifs is 1. The zero-order valence-corrected chi connectivity index (χ0v) is 23.7. The lowest BCUT2D eigenvalue weighted by Gasteiger charge is -2.29. The first-order chi connectivity index (χ1) is 19.9. The summed E-state index contributed by atoms with van der Waals surface area (Å²) in [4.78, 5) is 38.8. The molecule has 3 aromatic rings. The minimum atomic E-state index is -0.982. The van der Waals surface area contributed by atoms with Crippen LogP contribution in [0.3, 0.4) is 0 Å². The number of thiazole rings is 1. The molecule has 1 saturated heterocycles. The van der Waals surface area contributed by atoms with E-state index in [0.29, 0.717) is 48.4 Å². The number of carbonyl (C=O) groups excluding carboxylic acids is 1. The van der Waals surface area contributed by atoms with Crippen LogP contribution in [0, 0.1) is 17.7 Å². The molecule has 0 spiro atoms. The molecule has 2 aliphatic heterocycles. The monoisotopic (exact) mass is 580 g/mol. The normalized spacial score (nSPS) is 18.0. The highest BCUT2D eigenvalue weighted by atomic mass is 32.1. The van der Waals surface area contributed by atoms with Crippen LogP contribution in [0.1, 0.15) is 38.5 Å². The molecule has 2 aromatic heterocycles. The van der Waals surface area contributed by atoms with Crippen LogP contribution in [0.4, 0.5) is 15.3 Å². The first-order valence-corrected chi connectivity index (χ1v) is 15.0. The molecule has 9 nitrogen and oxygen atoms in total. The lowest BCUT2D eigenvalue weighted by molar-refractivity contribution is -0.141. The number of hydrogen-bond acceptors (Lipinski definition) is 8. The van der Waals surface area contributed by atoms with Crippen LogP contribution in [0.15, 0.2) is 35.8 Å². The van der Waals surface area contributed by atoms with Gasteiger partial charge in [0.1, 0.15) is 12.4 Å². The molecule has 11 heteroatoms. The Balaban J connectivity index is 1.31. The molecular weight excluding hydrogens is 547 g/mol. The predicted octanol–water partition coefficient (Wildman–Crippen LogP) is 5.24. The van der Waals surface area contributed by atoms with Crippen LogP contribution >= 0.6 is 11.3 Å². The Morgan fingerprint density at radius 2 is 1.98 bits per heavy atom. The minimum Gasteiger partial charge on any atom is -0.488 e. The number of anilines is 2. The van der Waals surface area contributed by atoms with Crippen molar-refractivity contribution in [3.63, 3.8) is 0 Å². The Kier molecular flexibility index (Phi) is 7.90. The number of rotatable bonds is 9. The van der Waals surface area contributed by atoms with Crippen molar-refractivity contribution in [1.82, 2.24) is 9.97 Å². The molecule has 1 aromatic carbocycles. The fourth-order valence-electron chi connectivity index (χ4n) is 5.68. The molecular formula is C30H33FN4O5S. The average Bonchev–Trinajstić information content (AvgIpc) is 3.68. The summed E-state index contributed by atoms with van der Waals surface area (Å²) in [6, 6.07) is 6.47. The molecule has 1 atom stereocenters. The van der Waals surface area contributed by atoms with Gasteiger partial charge in [0.15, 0.2) is 16.7 Å². The van der Waals surface area contributed by atoms with Gasteiger partial charge in [0, 0.05) is 54.9 Å². The second-order valence-electron chi connectivity index (χ2n) is 11.0. The summed E-state index contributed by atoms with van der Waals surface area (Å²) in [5.41, 5.74) is 2.67. The van der Waals surface area contributed by atoms with E-state index in [4.69, 9.17) is 14.5 Å². The minimum absolute atomic E-state index is 0.00144. The van der Waals surface area contributed by atoms with Crippen LogP contribution in [0.2, 0.25) is 0 Å². The highest BCUT2D eigenvalue weighted by molar-refractivity contribution is 7.14. The smallest absolute Gasteiger partial charge is 0.304 e. The van der Waals surface area contributed by atoms with Crippen molar-refractivity contribution in [3.05, 3.63) is 41.7 Å². The molecule has 1 aliphatic carbocycles. The third-order valence-electron chi connectivity index (χ3n) is 8.02. The van der Waals surface area contributed by atoms with Gasteiger partial charge in [-0.3, -0.25) is 14.5 Å².